The fourth-order valence-electron chi connectivity index (χ4n) is 1.78. The zero-order valence-corrected chi connectivity index (χ0v) is 11.2. The molecule has 1 saturated carbocycles. The van der Waals surface area contributed by atoms with Crippen LogP contribution in [-0.4, -0.2) is 24.4 Å². The van der Waals surface area contributed by atoms with Crippen molar-refractivity contribution in [2.75, 3.05) is 13.2 Å². The second-order valence-electron chi connectivity index (χ2n) is 4.65. The van der Waals surface area contributed by atoms with Gasteiger partial charge in [0.05, 0.1) is 6.61 Å². The Morgan fingerprint density at radius 1 is 1.33 bits per heavy atom. The highest BCUT2D eigenvalue weighted by atomic mass is 35.5. The van der Waals surface area contributed by atoms with Gasteiger partial charge in [-0.2, -0.15) is 0 Å². The summed E-state index contributed by atoms with van der Waals surface area (Å²) in [5.41, 5.74) is 1.04. The molecule has 0 heterocycles. The summed E-state index contributed by atoms with van der Waals surface area (Å²) in [7, 11) is 0. The number of hydrogen-bond donors (Lipinski definition) is 2. The molecule has 3 nitrogen and oxygen atoms in total. The molecule has 0 spiro atoms. The number of benzene rings is 1. The van der Waals surface area contributed by atoms with Crippen LogP contribution in [0.5, 0.6) is 5.75 Å². The van der Waals surface area contributed by atoms with Crippen molar-refractivity contribution in [1.29, 1.82) is 0 Å². The van der Waals surface area contributed by atoms with Gasteiger partial charge in [0.15, 0.2) is 0 Å². The molecule has 0 radical (unpaired) electrons. The standard InChI is InChI=1S/C14H20ClNO2/c15-13-4-3-5-14(18-9-2-1-8-17)12(13)10-16-11-6-7-11/h3-5,11,16-17H,1-2,6-10H2. The van der Waals surface area contributed by atoms with Crippen molar-refractivity contribution in [3.05, 3.63) is 28.8 Å². The molecule has 1 fully saturated rings. The molecule has 1 aromatic rings. The van der Waals surface area contributed by atoms with Crippen molar-refractivity contribution < 1.29 is 9.84 Å². The summed E-state index contributed by atoms with van der Waals surface area (Å²) in [6.07, 6.45) is 4.16. The van der Waals surface area contributed by atoms with E-state index in [0.717, 1.165) is 35.7 Å². The first-order chi connectivity index (χ1) is 8.81. The van der Waals surface area contributed by atoms with Gasteiger partial charge in [-0.1, -0.05) is 17.7 Å². The summed E-state index contributed by atoms with van der Waals surface area (Å²) in [5, 5.41) is 12.9. The molecular formula is C14H20ClNO2. The van der Waals surface area contributed by atoms with E-state index in [0.29, 0.717) is 12.6 Å². The van der Waals surface area contributed by atoms with Gasteiger partial charge in [0, 0.05) is 29.8 Å². The third-order valence-electron chi connectivity index (χ3n) is 3.03. The topological polar surface area (TPSA) is 41.5 Å². The number of hydrogen-bond acceptors (Lipinski definition) is 3. The van der Waals surface area contributed by atoms with Gasteiger partial charge in [-0.25, -0.2) is 0 Å². The maximum absolute atomic E-state index is 8.73. The van der Waals surface area contributed by atoms with Gasteiger partial charge in [-0.15, -0.1) is 0 Å². The van der Waals surface area contributed by atoms with Crippen LogP contribution < -0.4 is 10.1 Å². The fourth-order valence-corrected chi connectivity index (χ4v) is 2.01. The lowest BCUT2D eigenvalue weighted by atomic mass is 10.2. The van der Waals surface area contributed by atoms with Gasteiger partial charge < -0.3 is 15.2 Å². The SMILES string of the molecule is OCCCCOc1cccc(Cl)c1CNC1CC1. The van der Waals surface area contributed by atoms with Crippen molar-refractivity contribution in [3.63, 3.8) is 0 Å². The van der Waals surface area contributed by atoms with Crippen LogP contribution in [-0.2, 0) is 6.54 Å². The average molecular weight is 270 g/mol. The van der Waals surface area contributed by atoms with Gasteiger partial charge in [0.2, 0.25) is 0 Å². The number of rotatable bonds is 8. The van der Waals surface area contributed by atoms with E-state index in [-0.39, 0.29) is 6.61 Å². The highest BCUT2D eigenvalue weighted by Gasteiger charge is 2.21. The molecule has 0 bridgehead atoms. The van der Waals surface area contributed by atoms with E-state index < -0.39 is 0 Å². The maximum atomic E-state index is 8.73. The van der Waals surface area contributed by atoms with E-state index in [1.165, 1.54) is 12.8 Å². The van der Waals surface area contributed by atoms with Crippen LogP contribution in [0.1, 0.15) is 31.2 Å². The number of aliphatic hydroxyl groups excluding tert-OH is 1. The molecule has 4 heteroatoms. The van der Waals surface area contributed by atoms with Crippen LogP contribution in [0.3, 0.4) is 0 Å². The van der Waals surface area contributed by atoms with Crippen LogP contribution >= 0.6 is 11.6 Å². The summed E-state index contributed by atoms with van der Waals surface area (Å²) in [4.78, 5) is 0. The summed E-state index contributed by atoms with van der Waals surface area (Å²) in [6.45, 7) is 1.60. The van der Waals surface area contributed by atoms with Crippen molar-refractivity contribution >= 4 is 11.6 Å². The Labute approximate surface area is 113 Å². The maximum Gasteiger partial charge on any atom is 0.125 e. The number of nitrogens with one attached hydrogen (secondary N) is 1. The molecule has 2 rings (SSSR count). The van der Waals surface area contributed by atoms with E-state index in [4.69, 9.17) is 21.4 Å². The molecule has 0 saturated heterocycles. The first-order valence-electron chi connectivity index (χ1n) is 6.55. The third kappa shape index (κ3) is 4.16. The molecule has 2 N–H and O–H groups in total. The molecule has 1 aliphatic carbocycles. The van der Waals surface area contributed by atoms with E-state index in [1.54, 1.807) is 0 Å². The van der Waals surface area contributed by atoms with Crippen LogP contribution in [0.2, 0.25) is 5.02 Å². The first kappa shape index (κ1) is 13.7. The Morgan fingerprint density at radius 2 is 2.17 bits per heavy atom. The van der Waals surface area contributed by atoms with Crippen LogP contribution in [0.4, 0.5) is 0 Å². The van der Waals surface area contributed by atoms with Crippen LogP contribution in [0.15, 0.2) is 18.2 Å². The average Bonchev–Trinajstić information content (AvgIpc) is 3.18. The largest absolute Gasteiger partial charge is 0.493 e. The van der Waals surface area contributed by atoms with E-state index in [9.17, 15) is 0 Å². The predicted molar refractivity (Wildman–Crippen MR) is 73.1 cm³/mol. The molecule has 18 heavy (non-hydrogen) atoms. The molecule has 0 aliphatic heterocycles. The molecule has 0 aromatic heterocycles. The van der Waals surface area contributed by atoms with Crippen molar-refractivity contribution in [2.24, 2.45) is 0 Å². The molecule has 0 amide bonds. The Balaban J connectivity index is 1.91. The van der Waals surface area contributed by atoms with Gasteiger partial charge in [0.25, 0.3) is 0 Å². The third-order valence-corrected chi connectivity index (χ3v) is 3.38. The lowest BCUT2D eigenvalue weighted by Crippen LogP contribution is -2.16. The van der Waals surface area contributed by atoms with E-state index in [2.05, 4.69) is 5.32 Å². The highest BCUT2D eigenvalue weighted by Crippen LogP contribution is 2.28. The Hall–Kier alpha value is -0.770. The smallest absolute Gasteiger partial charge is 0.125 e. The summed E-state index contributed by atoms with van der Waals surface area (Å²) < 4.78 is 5.74. The van der Waals surface area contributed by atoms with E-state index >= 15 is 0 Å². The Morgan fingerprint density at radius 3 is 2.89 bits per heavy atom. The van der Waals surface area contributed by atoms with Crippen molar-refractivity contribution in [2.45, 2.75) is 38.3 Å². The minimum atomic E-state index is 0.217. The zero-order chi connectivity index (χ0) is 12.8. The Bertz CT molecular complexity index is 380. The minimum Gasteiger partial charge on any atom is -0.493 e. The monoisotopic (exact) mass is 269 g/mol. The number of ether oxygens (including phenoxy) is 1. The lowest BCUT2D eigenvalue weighted by Gasteiger charge is -2.13. The first-order valence-corrected chi connectivity index (χ1v) is 6.93. The summed E-state index contributed by atoms with van der Waals surface area (Å²) >= 11 is 6.21. The van der Waals surface area contributed by atoms with Crippen LogP contribution in [0.25, 0.3) is 0 Å². The molecular weight excluding hydrogens is 250 g/mol. The summed E-state index contributed by atoms with van der Waals surface area (Å²) in [5.74, 6) is 0.855. The number of aliphatic hydroxyl groups is 1. The Kier molecular flexibility index (Phi) is 5.29. The van der Waals surface area contributed by atoms with Gasteiger partial charge in [-0.05, 0) is 37.8 Å². The van der Waals surface area contributed by atoms with Gasteiger partial charge >= 0.3 is 0 Å². The number of halogens is 1. The lowest BCUT2D eigenvalue weighted by molar-refractivity contribution is 0.252. The van der Waals surface area contributed by atoms with Gasteiger partial charge in [-0.3, -0.25) is 0 Å². The van der Waals surface area contributed by atoms with Crippen molar-refractivity contribution in [3.8, 4) is 5.75 Å². The van der Waals surface area contributed by atoms with Crippen molar-refractivity contribution in [1.82, 2.24) is 5.32 Å². The quantitative estimate of drug-likeness (QED) is 0.713. The molecule has 1 aliphatic rings. The second kappa shape index (κ2) is 6.98. The van der Waals surface area contributed by atoms with Crippen LogP contribution in [0, 0.1) is 0 Å². The molecule has 1 aromatic carbocycles. The predicted octanol–water partition coefficient (Wildman–Crippen LogP) is 2.74. The van der Waals surface area contributed by atoms with E-state index in [1.807, 2.05) is 18.2 Å². The second-order valence-corrected chi connectivity index (χ2v) is 5.06. The number of unbranched alkanes of at least 4 members (excludes halogenated alkanes) is 1. The molecule has 0 unspecified atom stereocenters. The normalized spacial score (nSPS) is 14.8. The molecule has 0 atom stereocenters. The van der Waals surface area contributed by atoms with Gasteiger partial charge in [0.1, 0.15) is 5.75 Å². The zero-order valence-electron chi connectivity index (χ0n) is 10.5. The summed E-state index contributed by atoms with van der Waals surface area (Å²) in [6, 6.07) is 6.41. The fraction of sp³-hybridized carbons (Fsp3) is 0.571. The molecule has 100 valence electrons. The minimum absolute atomic E-state index is 0.217. The highest BCUT2D eigenvalue weighted by molar-refractivity contribution is 6.31.